The molecule has 1 N–H and O–H groups in total. The highest BCUT2D eigenvalue weighted by molar-refractivity contribution is 6.30. The van der Waals surface area contributed by atoms with Crippen LogP contribution in [0.2, 0.25) is 5.02 Å². The van der Waals surface area contributed by atoms with Gasteiger partial charge in [0.05, 0.1) is 0 Å². The average Bonchev–Trinajstić information content (AvgIpc) is 2.99. The lowest BCUT2D eigenvalue weighted by molar-refractivity contribution is 0.180. The molecule has 0 atom stereocenters. The van der Waals surface area contributed by atoms with Gasteiger partial charge in [0.1, 0.15) is 5.82 Å². The molecule has 0 aliphatic carbocycles. The summed E-state index contributed by atoms with van der Waals surface area (Å²) in [4.78, 5) is 17.1. The number of carbonyl (C=O) groups is 1. The van der Waals surface area contributed by atoms with Crippen molar-refractivity contribution >= 4 is 29.0 Å². The second-order valence-corrected chi connectivity index (χ2v) is 7.99. The predicted molar refractivity (Wildman–Crippen MR) is 112 cm³/mol. The van der Waals surface area contributed by atoms with Crippen LogP contribution in [0, 0.1) is 5.82 Å². The Bertz CT molecular complexity index is 891. The normalized spacial score (nSPS) is 18.1. The van der Waals surface area contributed by atoms with Gasteiger partial charge in [-0.05, 0) is 74.0 Å². The third kappa shape index (κ3) is 3.52. The van der Waals surface area contributed by atoms with Crippen LogP contribution in [0.4, 0.5) is 20.6 Å². The SMILES string of the molecule is C=CCN1CCC2(CC1)CN(C(=O)Nc1ccc(Cl)cc1)c1ccc(F)cc12. The van der Waals surface area contributed by atoms with Crippen molar-refractivity contribution in [3.63, 3.8) is 0 Å². The van der Waals surface area contributed by atoms with Crippen molar-refractivity contribution < 1.29 is 9.18 Å². The van der Waals surface area contributed by atoms with Crippen LogP contribution in [0.1, 0.15) is 18.4 Å². The number of anilines is 2. The lowest BCUT2D eigenvalue weighted by Gasteiger charge is -2.39. The number of carbonyl (C=O) groups excluding carboxylic acids is 1. The van der Waals surface area contributed by atoms with Gasteiger partial charge in [-0.2, -0.15) is 0 Å². The van der Waals surface area contributed by atoms with Crippen molar-refractivity contribution in [3.05, 3.63) is 71.5 Å². The van der Waals surface area contributed by atoms with Crippen LogP contribution in [0.5, 0.6) is 0 Å². The van der Waals surface area contributed by atoms with E-state index >= 15 is 0 Å². The number of likely N-dealkylation sites (tertiary alicyclic amines) is 1. The zero-order valence-electron chi connectivity index (χ0n) is 15.6. The molecule has 2 aliphatic rings. The standard InChI is InChI=1S/C22H23ClFN3O/c1-2-11-26-12-9-22(10-13-26)15-27(20-8-5-17(24)14-19(20)22)21(28)25-18-6-3-16(23)4-7-18/h2-8,14H,1,9-13,15H2,(H,25,28). The molecule has 4 rings (SSSR count). The van der Waals surface area contributed by atoms with E-state index in [0.29, 0.717) is 17.3 Å². The first-order valence-corrected chi connectivity index (χ1v) is 9.86. The van der Waals surface area contributed by atoms with Gasteiger partial charge in [-0.1, -0.05) is 17.7 Å². The minimum atomic E-state index is -0.258. The molecule has 0 aromatic heterocycles. The second-order valence-electron chi connectivity index (χ2n) is 7.55. The molecular weight excluding hydrogens is 377 g/mol. The Morgan fingerprint density at radius 3 is 2.61 bits per heavy atom. The maximum atomic E-state index is 14.1. The van der Waals surface area contributed by atoms with Crippen LogP contribution in [0.3, 0.4) is 0 Å². The van der Waals surface area contributed by atoms with Gasteiger partial charge in [0.25, 0.3) is 0 Å². The van der Waals surface area contributed by atoms with Gasteiger partial charge in [-0.3, -0.25) is 9.80 Å². The summed E-state index contributed by atoms with van der Waals surface area (Å²) >= 11 is 5.92. The lowest BCUT2D eigenvalue weighted by Crippen LogP contribution is -2.46. The number of rotatable bonds is 3. The van der Waals surface area contributed by atoms with Crippen molar-refractivity contribution in [1.82, 2.24) is 4.90 Å². The fraction of sp³-hybridized carbons (Fsp3) is 0.318. The van der Waals surface area contributed by atoms with E-state index in [0.717, 1.165) is 43.7 Å². The molecule has 0 unspecified atom stereocenters. The molecule has 2 aliphatic heterocycles. The van der Waals surface area contributed by atoms with E-state index in [-0.39, 0.29) is 17.3 Å². The summed E-state index contributed by atoms with van der Waals surface area (Å²) in [6.07, 6.45) is 3.69. The molecule has 2 aromatic rings. The number of nitrogens with one attached hydrogen (secondary N) is 1. The second kappa shape index (κ2) is 7.57. The lowest BCUT2D eigenvalue weighted by atomic mass is 9.74. The number of urea groups is 1. The summed E-state index contributed by atoms with van der Waals surface area (Å²) in [6.45, 7) is 7.05. The summed E-state index contributed by atoms with van der Waals surface area (Å²) in [6, 6.07) is 11.6. The van der Waals surface area contributed by atoms with Crippen molar-refractivity contribution in [2.75, 3.05) is 36.4 Å². The van der Waals surface area contributed by atoms with Crippen molar-refractivity contribution in [2.24, 2.45) is 0 Å². The first kappa shape index (κ1) is 19.0. The first-order valence-electron chi connectivity index (χ1n) is 9.48. The monoisotopic (exact) mass is 399 g/mol. The highest BCUT2D eigenvalue weighted by Gasteiger charge is 2.46. The molecule has 1 saturated heterocycles. The molecule has 1 spiro atoms. The maximum Gasteiger partial charge on any atom is 0.326 e. The van der Waals surface area contributed by atoms with Gasteiger partial charge in [0.15, 0.2) is 0 Å². The van der Waals surface area contributed by atoms with E-state index in [1.807, 2.05) is 6.08 Å². The largest absolute Gasteiger partial charge is 0.326 e. The molecule has 146 valence electrons. The van der Waals surface area contributed by atoms with Crippen LogP contribution in [0.15, 0.2) is 55.1 Å². The number of amides is 2. The molecule has 0 radical (unpaired) electrons. The molecule has 2 aromatic carbocycles. The highest BCUT2D eigenvalue weighted by atomic mass is 35.5. The fourth-order valence-corrected chi connectivity index (χ4v) is 4.45. The molecular formula is C22H23ClFN3O. The Hall–Kier alpha value is -2.37. The van der Waals surface area contributed by atoms with Gasteiger partial charge in [0.2, 0.25) is 0 Å². The molecule has 0 bridgehead atoms. The molecule has 2 amide bonds. The highest BCUT2D eigenvalue weighted by Crippen LogP contribution is 2.47. The third-order valence-corrected chi connectivity index (χ3v) is 6.07. The zero-order valence-corrected chi connectivity index (χ0v) is 16.4. The van der Waals surface area contributed by atoms with Crippen LogP contribution in [-0.4, -0.2) is 37.1 Å². The molecule has 2 heterocycles. The van der Waals surface area contributed by atoms with Crippen molar-refractivity contribution in [3.8, 4) is 0 Å². The fourth-order valence-electron chi connectivity index (χ4n) is 4.32. The maximum absolute atomic E-state index is 14.1. The average molecular weight is 400 g/mol. The van der Waals surface area contributed by atoms with Crippen molar-refractivity contribution in [2.45, 2.75) is 18.3 Å². The summed E-state index contributed by atoms with van der Waals surface area (Å²) in [7, 11) is 0. The summed E-state index contributed by atoms with van der Waals surface area (Å²) in [5.41, 5.74) is 2.22. The smallest absolute Gasteiger partial charge is 0.308 e. The number of hydrogen-bond acceptors (Lipinski definition) is 2. The zero-order chi connectivity index (χ0) is 19.7. The summed E-state index contributed by atoms with van der Waals surface area (Å²) < 4.78 is 14.1. The number of piperidine rings is 1. The molecule has 6 heteroatoms. The first-order chi connectivity index (χ1) is 13.5. The topological polar surface area (TPSA) is 35.6 Å². The van der Waals surface area contributed by atoms with Crippen LogP contribution >= 0.6 is 11.6 Å². The van der Waals surface area contributed by atoms with E-state index < -0.39 is 0 Å². The van der Waals surface area contributed by atoms with E-state index in [1.54, 1.807) is 41.3 Å². The Morgan fingerprint density at radius 1 is 1.21 bits per heavy atom. The summed E-state index contributed by atoms with van der Waals surface area (Å²) in [5, 5.41) is 3.54. The van der Waals surface area contributed by atoms with Gasteiger partial charge in [-0.15, -0.1) is 6.58 Å². The molecule has 1 fully saturated rings. The van der Waals surface area contributed by atoms with Crippen LogP contribution < -0.4 is 10.2 Å². The Balaban J connectivity index is 1.59. The van der Waals surface area contributed by atoms with Crippen molar-refractivity contribution in [1.29, 1.82) is 0 Å². The van der Waals surface area contributed by atoms with E-state index in [1.165, 1.54) is 6.07 Å². The van der Waals surface area contributed by atoms with Crippen LogP contribution in [-0.2, 0) is 5.41 Å². The Kier molecular flexibility index (Phi) is 5.13. The van der Waals surface area contributed by atoms with Gasteiger partial charge in [0, 0.05) is 34.9 Å². The minimum absolute atomic E-state index is 0.202. The number of fused-ring (bicyclic) bond motifs is 2. The van der Waals surface area contributed by atoms with E-state index in [2.05, 4.69) is 16.8 Å². The van der Waals surface area contributed by atoms with Crippen LogP contribution in [0.25, 0.3) is 0 Å². The van der Waals surface area contributed by atoms with E-state index in [9.17, 15) is 9.18 Å². The Labute approximate surface area is 169 Å². The van der Waals surface area contributed by atoms with E-state index in [4.69, 9.17) is 11.6 Å². The minimum Gasteiger partial charge on any atom is -0.308 e. The predicted octanol–water partition coefficient (Wildman–Crippen LogP) is 5.05. The Morgan fingerprint density at radius 2 is 1.93 bits per heavy atom. The molecule has 0 saturated carbocycles. The number of nitrogens with zero attached hydrogens (tertiary/aromatic N) is 2. The van der Waals surface area contributed by atoms with Gasteiger partial charge < -0.3 is 5.32 Å². The number of hydrogen-bond donors (Lipinski definition) is 1. The van der Waals surface area contributed by atoms with Gasteiger partial charge >= 0.3 is 6.03 Å². The molecule has 4 nitrogen and oxygen atoms in total. The molecule has 28 heavy (non-hydrogen) atoms. The number of benzene rings is 2. The van der Waals surface area contributed by atoms with Gasteiger partial charge in [-0.25, -0.2) is 9.18 Å². The summed E-state index contributed by atoms with van der Waals surface area (Å²) in [5.74, 6) is -0.258. The third-order valence-electron chi connectivity index (χ3n) is 5.82. The quantitative estimate of drug-likeness (QED) is 0.733. The number of halogens is 2.